The first-order valence-corrected chi connectivity index (χ1v) is 12.2. The Kier molecular flexibility index (Phi) is 7.79. The molecule has 0 unspecified atom stereocenters. The van der Waals surface area contributed by atoms with Crippen LogP contribution in [0.15, 0.2) is 53.9 Å². The molecule has 1 saturated heterocycles. The molecule has 1 amide bonds. The lowest BCUT2D eigenvalue weighted by Gasteiger charge is -2.32. The van der Waals surface area contributed by atoms with Crippen molar-refractivity contribution >= 4 is 28.8 Å². The van der Waals surface area contributed by atoms with Gasteiger partial charge in [-0.15, -0.1) is 11.3 Å². The molecule has 7 heteroatoms. The van der Waals surface area contributed by atoms with Gasteiger partial charge in [-0.3, -0.25) is 9.69 Å². The van der Waals surface area contributed by atoms with Gasteiger partial charge in [0.2, 0.25) is 5.91 Å². The summed E-state index contributed by atoms with van der Waals surface area (Å²) in [6.45, 7) is 5.49. The highest BCUT2D eigenvalue weighted by Crippen LogP contribution is 2.19. The van der Waals surface area contributed by atoms with E-state index in [2.05, 4.69) is 46.4 Å². The number of hydrogen-bond donors (Lipinski definition) is 1. The van der Waals surface area contributed by atoms with E-state index in [9.17, 15) is 4.79 Å². The van der Waals surface area contributed by atoms with E-state index in [1.807, 2.05) is 17.5 Å². The zero-order chi connectivity index (χ0) is 22.3. The predicted octanol–water partition coefficient (Wildman–Crippen LogP) is 5.01. The van der Waals surface area contributed by atoms with Gasteiger partial charge in [-0.05, 0) is 49.6 Å². The molecule has 2 heterocycles. The highest BCUT2D eigenvalue weighted by atomic mass is 35.5. The van der Waals surface area contributed by atoms with E-state index in [1.165, 1.54) is 22.5 Å². The van der Waals surface area contributed by atoms with Gasteiger partial charge in [-0.25, -0.2) is 4.98 Å². The van der Waals surface area contributed by atoms with Crippen LogP contribution in [0.5, 0.6) is 5.75 Å². The van der Waals surface area contributed by atoms with Gasteiger partial charge in [0.25, 0.3) is 0 Å². The van der Waals surface area contributed by atoms with Crippen LogP contribution in [0, 0.1) is 6.92 Å². The molecule has 2 aromatic carbocycles. The molecular weight excluding hydrogens is 442 g/mol. The lowest BCUT2D eigenvalue weighted by atomic mass is 10.0. The lowest BCUT2D eigenvalue weighted by molar-refractivity contribution is -0.121. The second kappa shape index (κ2) is 10.9. The Morgan fingerprint density at radius 3 is 2.75 bits per heavy atom. The summed E-state index contributed by atoms with van der Waals surface area (Å²) in [6, 6.07) is 16.2. The summed E-state index contributed by atoms with van der Waals surface area (Å²) in [5.41, 5.74) is 3.44. The van der Waals surface area contributed by atoms with E-state index in [0.29, 0.717) is 18.1 Å². The molecule has 1 aromatic heterocycles. The molecule has 0 atom stereocenters. The normalized spacial score (nSPS) is 14.9. The summed E-state index contributed by atoms with van der Waals surface area (Å²) in [6.07, 6.45) is 2.27. The Balaban J connectivity index is 1.18. The summed E-state index contributed by atoms with van der Waals surface area (Å²) in [7, 11) is 0. The first kappa shape index (κ1) is 22.8. The number of ether oxygens (including phenoxy) is 1. The molecule has 1 aliphatic rings. The number of amides is 1. The second-order valence-electron chi connectivity index (χ2n) is 8.26. The van der Waals surface area contributed by atoms with Crippen LogP contribution in [0.1, 0.15) is 34.7 Å². The minimum absolute atomic E-state index is 0.0394. The minimum Gasteiger partial charge on any atom is -0.486 e. The minimum atomic E-state index is 0.0394. The third-order valence-electron chi connectivity index (χ3n) is 5.56. The van der Waals surface area contributed by atoms with Gasteiger partial charge in [0.1, 0.15) is 17.4 Å². The van der Waals surface area contributed by atoms with Gasteiger partial charge in [0.05, 0.1) is 12.1 Å². The van der Waals surface area contributed by atoms with Crippen molar-refractivity contribution in [3.05, 3.63) is 80.8 Å². The second-order valence-corrected chi connectivity index (χ2v) is 9.64. The zero-order valence-corrected chi connectivity index (χ0v) is 19.8. The van der Waals surface area contributed by atoms with Gasteiger partial charge in [-0.1, -0.05) is 41.4 Å². The van der Waals surface area contributed by atoms with E-state index in [0.717, 1.165) is 48.9 Å². The molecule has 0 saturated carbocycles. The first-order valence-electron chi connectivity index (χ1n) is 10.9. The van der Waals surface area contributed by atoms with E-state index in [4.69, 9.17) is 16.3 Å². The van der Waals surface area contributed by atoms with Crippen molar-refractivity contribution in [1.82, 2.24) is 15.2 Å². The van der Waals surface area contributed by atoms with E-state index in [1.54, 1.807) is 12.1 Å². The standard InChI is InChI=1S/C25H28ClN3O2S/c1-18-3-2-4-19(13-18)15-29-11-9-21(10-12-29)27-24(30)14-22-17-32-25(28-22)16-31-23-7-5-20(26)6-8-23/h2-8,13,17,21H,9-12,14-16H2,1H3,(H,27,30). The maximum Gasteiger partial charge on any atom is 0.226 e. The number of hydrogen-bond acceptors (Lipinski definition) is 5. The summed E-state index contributed by atoms with van der Waals surface area (Å²) < 4.78 is 5.73. The number of benzene rings is 2. The molecule has 32 heavy (non-hydrogen) atoms. The number of aromatic nitrogens is 1. The fourth-order valence-electron chi connectivity index (χ4n) is 3.92. The quantitative estimate of drug-likeness (QED) is 0.504. The molecule has 168 valence electrons. The van der Waals surface area contributed by atoms with Crippen LogP contribution in [0.2, 0.25) is 5.02 Å². The van der Waals surface area contributed by atoms with Gasteiger partial charge in [0, 0.05) is 36.1 Å². The highest BCUT2D eigenvalue weighted by Gasteiger charge is 2.21. The maximum absolute atomic E-state index is 12.5. The number of nitrogens with one attached hydrogen (secondary N) is 1. The van der Waals surface area contributed by atoms with Crippen molar-refractivity contribution in [3.63, 3.8) is 0 Å². The monoisotopic (exact) mass is 469 g/mol. The number of carbonyl (C=O) groups is 1. The van der Waals surface area contributed by atoms with Crippen LogP contribution in [-0.2, 0) is 24.4 Å². The maximum atomic E-state index is 12.5. The third-order valence-corrected chi connectivity index (χ3v) is 6.68. The molecule has 0 spiro atoms. The number of thiazole rings is 1. The fraction of sp³-hybridized carbons (Fsp3) is 0.360. The van der Waals surface area contributed by atoms with Gasteiger partial charge in [-0.2, -0.15) is 0 Å². The average molecular weight is 470 g/mol. The van der Waals surface area contributed by atoms with Crippen molar-refractivity contribution in [2.24, 2.45) is 0 Å². The van der Waals surface area contributed by atoms with Gasteiger partial charge < -0.3 is 10.1 Å². The van der Waals surface area contributed by atoms with E-state index in [-0.39, 0.29) is 11.9 Å². The Labute approximate surface area is 198 Å². The Bertz CT molecular complexity index is 1030. The topological polar surface area (TPSA) is 54.5 Å². The number of rotatable bonds is 8. The highest BCUT2D eigenvalue weighted by molar-refractivity contribution is 7.09. The molecule has 5 nitrogen and oxygen atoms in total. The summed E-state index contributed by atoms with van der Waals surface area (Å²) >= 11 is 7.40. The number of halogens is 1. The molecule has 0 radical (unpaired) electrons. The number of carbonyl (C=O) groups excluding carboxylic acids is 1. The number of likely N-dealkylation sites (tertiary alicyclic amines) is 1. The third kappa shape index (κ3) is 6.79. The number of piperidine rings is 1. The van der Waals surface area contributed by atoms with Crippen LogP contribution in [0.3, 0.4) is 0 Å². The van der Waals surface area contributed by atoms with Crippen molar-refractivity contribution in [2.45, 2.75) is 45.4 Å². The summed E-state index contributed by atoms with van der Waals surface area (Å²) in [5.74, 6) is 0.787. The van der Waals surface area contributed by atoms with Crippen LogP contribution in [0.4, 0.5) is 0 Å². The number of aryl methyl sites for hydroxylation is 1. The molecule has 0 bridgehead atoms. The molecule has 1 N–H and O–H groups in total. The van der Waals surface area contributed by atoms with Crippen LogP contribution in [-0.4, -0.2) is 34.9 Å². The Morgan fingerprint density at radius 1 is 1.22 bits per heavy atom. The van der Waals surface area contributed by atoms with Crippen LogP contribution >= 0.6 is 22.9 Å². The fourth-order valence-corrected chi connectivity index (χ4v) is 4.75. The number of nitrogens with zero attached hydrogens (tertiary/aromatic N) is 2. The van der Waals surface area contributed by atoms with E-state index < -0.39 is 0 Å². The van der Waals surface area contributed by atoms with E-state index >= 15 is 0 Å². The van der Waals surface area contributed by atoms with Crippen LogP contribution < -0.4 is 10.1 Å². The molecule has 1 fully saturated rings. The van der Waals surface area contributed by atoms with Crippen molar-refractivity contribution in [2.75, 3.05) is 13.1 Å². The largest absolute Gasteiger partial charge is 0.486 e. The van der Waals surface area contributed by atoms with Crippen molar-refractivity contribution in [3.8, 4) is 5.75 Å². The average Bonchev–Trinajstić information content (AvgIpc) is 3.22. The first-order chi connectivity index (χ1) is 15.5. The van der Waals surface area contributed by atoms with Crippen molar-refractivity contribution in [1.29, 1.82) is 0 Å². The Hall–Kier alpha value is -2.41. The molecule has 3 aromatic rings. The van der Waals surface area contributed by atoms with Gasteiger partial charge >= 0.3 is 0 Å². The summed E-state index contributed by atoms with van der Waals surface area (Å²) in [4.78, 5) is 19.5. The molecule has 4 rings (SSSR count). The van der Waals surface area contributed by atoms with Crippen molar-refractivity contribution < 1.29 is 9.53 Å². The molecule has 0 aliphatic carbocycles. The Morgan fingerprint density at radius 2 is 2.00 bits per heavy atom. The molecule has 1 aliphatic heterocycles. The summed E-state index contributed by atoms with van der Waals surface area (Å²) in [5, 5.41) is 6.66. The van der Waals surface area contributed by atoms with Gasteiger partial charge in [0.15, 0.2) is 0 Å². The van der Waals surface area contributed by atoms with Crippen LogP contribution in [0.25, 0.3) is 0 Å². The lowest BCUT2D eigenvalue weighted by Crippen LogP contribution is -2.44. The predicted molar refractivity (Wildman–Crippen MR) is 129 cm³/mol. The zero-order valence-electron chi connectivity index (χ0n) is 18.2. The SMILES string of the molecule is Cc1cccc(CN2CCC(NC(=O)Cc3csc(COc4ccc(Cl)cc4)n3)CC2)c1. The molecular formula is C25H28ClN3O2S. The smallest absolute Gasteiger partial charge is 0.226 e.